The summed E-state index contributed by atoms with van der Waals surface area (Å²) in [5.41, 5.74) is -0.819. The summed E-state index contributed by atoms with van der Waals surface area (Å²) in [6.45, 7) is 8.46. The molecule has 1 aliphatic carbocycles. The minimum Gasteiger partial charge on any atom is -0.480 e. The lowest BCUT2D eigenvalue weighted by Gasteiger charge is -2.33. The molecule has 0 spiro atoms. The van der Waals surface area contributed by atoms with Crippen LogP contribution in [0.15, 0.2) is 0 Å². The Morgan fingerprint density at radius 2 is 2.15 bits per heavy atom. The number of hydrogen-bond donors (Lipinski definition) is 2. The summed E-state index contributed by atoms with van der Waals surface area (Å²) in [6.07, 6.45) is 3.87. The zero-order valence-corrected chi connectivity index (χ0v) is 13.3. The molecule has 0 aromatic carbocycles. The van der Waals surface area contributed by atoms with Crippen molar-refractivity contribution >= 4 is 5.97 Å². The van der Waals surface area contributed by atoms with E-state index in [0.29, 0.717) is 25.1 Å². The molecule has 0 aliphatic heterocycles. The number of carbonyl (C=O) groups is 1. The highest BCUT2D eigenvalue weighted by atomic mass is 16.5. The van der Waals surface area contributed by atoms with Gasteiger partial charge in [0.15, 0.2) is 0 Å². The zero-order valence-electron chi connectivity index (χ0n) is 13.3. The summed E-state index contributed by atoms with van der Waals surface area (Å²) in [7, 11) is 1.70. The molecule has 118 valence electrons. The number of carboxylic acids is 1. The van der Waals surface area contributed by atoms with Gasteiger partial charge >= 0.3 is 5.97 Å². The number of nitrogens with one attached hydrogen (secondary N) is 1. The SMILES string of the molecule is CCC(C)N(CCOC)CCC(C)(NC1CC1)C(=O)O. The number of nitrogens with zero attached hydrogens (tertiary/aromatic N) is 1. The second-order valence-electron chi connectivity index (χ2n) is 6.09. The highest BCUT2D eigenvalue weighted by Crippen LogP contribution is 2.24. The molecule has 20 heavy (non-hydrogen) atoms. The Balaban J connectivity index is 2.54. The topological polar surface area (TPSA) is 61.8 Å². The summed E-state index contributed by atoms with van der Waals surface area (Å²) < 4.78 is 5.15. The smallest absolute Gasteiger partial charge is 0.323 e. The van der Waals surface area contributed by atoms with Gasteiger partial charge in [0, 0.05) is 32.3 Å². The molecule has 1 fully saturated rings. The summed E-state index contributed by atoms with van der Waals surface area (Å²) >= 11 is 0. The molecular formula is C15H30N2O3. The fraction of sp³-hybridized carbons (Fsp3) is 0.933. The molecule has 0 aromatic rings. The van der Waals surface area contributed by atoms with Crippen LogP contribution in [0.2, 0.25) is 0 Å². The first-order valence-corrected chi connectivity index (χ1v) is 7.67. The summed E-state index contributed by atoms with van der Waals surface area (Å²) in [4.78, 5) is 13.9. The van der Waals surface area contributed by atoms with E-state index in [4.69, 9.17) is 4.74 Å². The fourth-order valence-corrected chi connectivity index (χ4v) is 2.31. The number of ether oxygens (including phenoxy) is 1. The van der Waals surface area contributed by atoms with Gasteiger partial charge in [-0.1, -0.05) is 6.92 Å². The molecule has 0 radical (unpaired) electrons. The van der Waals surface area contributed by atoms with Gasteiger partial charge in [-0.05, 0) is 39.5 Å². The van der Waals surface area contributed by atoms with E-state index < -0.39 is 11.5 Å². The van der Waals surface area contributed by atoms with E-state index in [2.05, 4.69) is 24.1 Å². The Kier molecular flexibility index (Phi) is 6.92. The fourth-order valence-electron chi connectivity index (χ4n) is 2.31. The molecule has 0 aromatic heterocycles. The average molecular weight is 286 g/mol. The third-order valence-electron chi connectivity index (χ3n) is 4.27. The van der Waals surface area contributed by atoms with Gasteiger partial charge in [-0.3, -0.25) is 15.0 Å². The molecule has 0 bridgehead atoms. The molecular weight excluding hydrogens is 256 g/mol. The van der Waals surface area contributed by atoms with Gasteiger partial charge in [-0.2, -0.15) is 0 Å². The molecule has 2 atom stereocenters. The van der Waals surface area contributed by atoms with Crippen LogP contribution in [-0.4, -0.2) is 60.4 Å². The Morgan fingerprint density at radius 3 is 2.60 bits per heavy atom. The van der Waals surface area contributed by atoms with Crippen molar-refractivity contribution in [1.82, 2.24) is 10.2 Å². The Bertz CT molecular complexity index is 307. The van der Waals surface area contributed by atoms with Gasteiger partial charge in [-0.25, -0.2) is 0 Å². The highest BCUT2D eigenvalue weighted by molar-refractivity contribution is 5.78. The maximum Gasteiger partial charge on any atom is 0.323 e. The van der Waals surface area contributed by atoms with E-state index in [1.165, 1.54) is 0 Å². The van der Waals surface area contributed by atoms with Crippen molar-refractivity contribution in [2.24, 2.45) is 0 Å². The van der Waals surface area contributed by atoms with Crippen LogP contribution < -0.4 is 5.32 Å². The molecule has 0 saturated heterocycles. The second kappa shape index (κ2) is 7.96. The number of aliphatic carboxylic acids is 1. The van der Waals surface area contributed by atoms with Crippen LogP contribution in [-0.2, 0) is 9.53 Å². The summed E-state index contributed by atoms with van der Waals surface area (Å²) in [5, 5.41) is 12.8. The van der Waals surface area contributed by atoms with Gasteiger partial charge in [0.05, 0.1) is 6.61 Å². The zero-order chi connectivity index (χ0) is 15.2. The molecule has 5 nitrogen and oxygen atoms in total. The van der Waals surface area contributed by atoms with Gasteiger partial charge in [-0.15, -0.1) is 0 Å². The van der Waals surface area contributed by atoms with E-state index >= 15 is 0 Å². The number of hydrogen-bond acceptors (Lipinski definition) is 4. The first kappa shape index (κ1) is 17.4. The van der Waals surface area contributed by atoms with Crippen molar-refractivity contribution in [3.63, 3.8) is 0 Å². The van der Waals surface area contributed by atoms with Crippen LogP contribution in [0.4, 0.5) is 0 Å². The predicted octanol–water partition coefficient (Wildman–Crippen LogP) is 1.72. The van der Waals surface area contributed by atoms with E-state index in [9.17, 15) is 9.90 Å². The van der Waals surface area contributed by atoms with Crippen molar-refractivity contribution in [1.29, 1.82) is 0 Å². The lowest BCUT2D eigenvalue weighted by atomic mass is 9.97. The molecule has 2 N–H and O–H groups in total. The molecule has 5 heteroatoms. The number of methoxy groups -OCH3 is 1. The Morgan fingerprint density at radius 1 is 1.50 bits per heavy atom. The number of rotatable bonds is 11. The second-order valence-corrected chi connectivity index (χ2v) is 6.09. The van der Waals surface area contributed by atoms with E-state index in [0.717, 1.165) is 32.4 Å². The number of carboxylic acid groups (broad SMARTS) is 1. The third-order valence-corrected chi connectivity index (χ3v) is 4.27. The Labute approximate surface area is 122 Å². The van der Waals surface area contributed by atoms with E-state index in [-0.39, 0.29) is 0 Å². The highest BCUT2D eigenvalue weighted by Gasteiger charge is 2.38. The van der Waals surface area contributed by atoms with Crippen molar-refractivity contribution in [3.05, 3.63) is 0 Å². The van der Waals surface area contributed by atoms with Gasteiger partial charge in [0.25, 0.3) is 0 Å². The standard InChI is InChI=1S/C15H30N2O3/c1-5-12(2)17(10-11-20-4)9-8-15(3,14(18)19)16-13-6-7-13/h12-13,16H,5-11H2,1-4H3,(H,18,19). The molecule has 1 rings (SSSR count). The van der Waals surface area contributed by atoms with Crippen LogP contribution in [0.3, 0.4) is 0 Å². The van der Waals surface area contributed by atoms with Crippen molar-refractivity contribution < 1.29 is 14.6 Å². The van der Waals surface area contributed by atoms with E-state index in [1.54, 1.807) is 14.0 Å². The molecule has 1 saturated carbocycles. The average Bonchev–Trinajstić information content (AvgIpc) is 3.21. The van der Waals surface area contributed by atoms with Crippen LogP contribution in [0.25, 0.3) is 0 Å². The molecule has 0 heterocycles. The minimum atomic E-state index is -0.819. The first-order valence-electron chi connectivity index (χ1n) is 7.67. The molecule has 1 aliphatic rings. The lowest BCUT2D eigenvalue weighted by molar-refractivity contribution is -0.144. The van der Waals surface area contributed by atoms with Crippen molar-refractivity contribution in [2.45, 2.75) is 64.1 Å². The van der Waals surface area contributed by atoms with Crippen LogP contribution in [0.5, 0.6) is 0 Å². The molecule has 0 amide bonds. The van der Waals surface area contributed by atoms with Crippen LogP contribution in [0, 0.1) is 0 Å². The predicted molar refractivity (Wildman–Crippen MR) is 80.0 cm³/mol. The van der Waals surface area contributed by atoms with Crippen LogP contribution in [0.1, 0.15) is 46.5 Å². The largest absolute Gasteiger partial charge is 0.480 e. The summed E-state index contributed by atoms with van der Waals surface area (Å²) in [5.74, 6) is -0.750. The van der Waals surface area contributed by atoms with Crippen LogP contribution >= 0.6 is 0 Å². The molecule has 2 unspecified atom stereocenters. The summed E-state index contributed by atoms with van der Waals surface area (Å²) in [6, 6.07) is 0.844. The quantitative estimate of drug-likeness (QED) is 0.605. The first-order chi connectivity index (χ1) is 9.42. The van der Waals surface area contributed by atoms with Crippen molar-refractivity contribution in [2.75, 3.05) is 26.8 Å². The maximum atomic E-state index is 11.5. The lowest BCUT2D eigenvalue weighted by Crippen LogP contribution is -2.53. The monoisotopic (exact) mass is 286 g/mol. The van der Waals surface area contributed by atoms with Crippen molar-refractivity contribution in [3.8, 4) is 0 Å². The maximum absolute atomic E-state index is 11.5. The third kappa shape index (κ3) is 5.38. The Hall–Kier alpha value is -0.650. The van der Waals surface area contributed by atoms with E-state index in [1.807, 2.05) is 0 Å². The van der Waals surface area contributed by atoms with Gasteiger partial charge < -0.3 is 9.84 Å². The van der Waals surface area contributed by atoms with Gasteiger partial charge in [0.2, 0.25) is 0 Å². The normalized spacial score (nSPS) is 19.9. The minimum absolute atomic E-state index is 0.395. The van der Waals surface area contributed by atoms with Gasteiger partial charge in [0.1, 0.15) is 5.54 Å².